The van der Waals surface area contributed by atoms with Crippen molar-refractivity contribution in [2.45, 2.75) is 5.50 Å². The van der Waals surface area contributed by atoms with Crippen molar-refractivity contribution >= 4 is 11.6 Å². The molecule has 0 bridgehead atoms. The quantitative estimate of drug-likeness (QED) is 0.572. The van der Waals surface area contributed by atoms with Gasteiger partial charge in [-0.05, 0) is 31.8 Å². The van der Waals surface area contributed by atoms with Crippen LogP contribution in [0, 0.1) is 0 Å². The maximum atomic E-state index is 6.21. The molecule has 0 fully saturated rings. The molecule has 0 spiro atoms. The third-order valence-electron chi connectivity index (χ3n) is 2.29. The van der Waals surface area contributed by atoms with Gasteiger partial charge in [-0.2, -0.15) is 0 Å². The maximum Gasteiger partial charge on any atom is 0.161 e. The van der Waals surface area contributed by atoms with Gasteiger partial charge in [-0.25, -0.2) is 0 Å². The summed E-state index contributed by atoms with van der Waals surface area (Å²) < 4.78 is 10.9. The van der Waals surface area contributed by atoms with Gasteiger partial charge < -0.3 is 9.47 Å². The molecule has 0 amide bonds. The van der Waals surface area contributed by atoms with Crippen LogP contribution >= 0.6 is 11.6 Å². The normalized spacial score (nSPS) is 16.5. The molecule has 1 aliphatic rings. The van der Waals surface area contributed by atoms with E-state index in [0.29, 0.717) is 13.2 Å². The van der Waals surface area contributed by atoms with Gasteiger partial charge in [0.25, 0.3) is 0 Å². The Labute approximate surface area is 94.5 Å². The van der Waals surface area contributed by atoms with Crippen LogP contribution in [0.1, 0.15) is 11.1 Å². The van der Waals surface area contributed by atoms with Crippen LogP contribution in [-0.2, 0) is 0 Å². The van der Waals surface area contributed by atoms with Crippen molar-refractivity contribution in [1.82, 2.24) is 4.90 Å². The molecule has 3 nitrogen and oxygen atoms in total. The van der Waals surface area contributed by atoms with Crippen molar-refractivity contribution in [3.05, 3.63) is 23.8 Å². The summed E-state index contributed by atoms with van der Waals surface area (Å²) in [5, 5.41) is 0. The lowest BCUT2D eigenvalue weighted by molar-refractivity contribution is 0.171. The molecule has 1 heterocycles. The second-order valence-electron chi connectivity index (χ2n) is 3.70. The lowest BCUT2D eigenvalue weighted by Gasteiger charge is -2.22. The average Bonchev–Trinajstić information content (AvgIpc) is 2.27. The molecule has 0 saturated carbocycles. The highest BCUT2D eigenvalue weighted by Crippen LogP contribution is 2.34. The van der Waals surface area contributed by atoms with Gasteiger partial charge in [0, 0.05) is 0 Å². The monoisotopic (exact) mass is 227 g/mol. The molecule has 0 saturated heterocycles. The summed E-state index contributed by atoms with van der Waals surface area (Å²) in [5.41, 5.74) is 0.881. The first kappa shape index (κ1) is 10.6. The topological polar surface area (TPSA) is 21.7 Å². The van der Waals surface area contributed by atoms with Crippen molar-refractivity contribution in [1.29, 1.82) is 0 Å². The number of fused-ring (bicyclic) bond motifs is 1. The molecule has 1 aromatic rings. The molecule has 0 aromatic heterocycles. The van der Waals surface area contributed by atoms with Crippen molar-refractivity contribution in [3.63, 3.8) is 0 Å². The molecule has 4 heteroatoms. The summed E-state index contributed by atoms with van der Waals surface area (Å²) in [6.45, 7) is 1.22. The van der Waals surface area contributed by atoms with Crippen LogP contribution in [0.4, 0.5) is 0 Å². The number of hydrogen-bond donors (Lipinski definition) is 0. The predicted molar refractivity (Wildman–Crippen MR) is 59.7 cm³/mol. The Morgan fingerprint density at radius 2 is 1.87 bits per heavy atom. The lowest BCUT2D eigenvalue weighted by Crippen LogP contribution is -2.17. The molecule has 2 rings (SSSR count). The van der Waals surface area contributed by atoms with Crippen LogP contribution in [0.25, 0.3) is 0 Å². The van der Waals surface area contributed by atoms with E-state index in [9.17, 15) is 0 Å². The van der Waals surface area contributed by atoms with E-state index in [1.54, 1.807) is 0 Å². The smallest absolute Gasteiger partial charge is 0.161 e. The molecule has 15 heavy (non-hydrogen) atoms. The molecule has 0 radical (unpaired) electrons. The lowest BCUT2D eigenvalue weighted by atomic mass is 10.2. The summed E-state index contributed by atoms with van der Waals surface area (Å²) in [5.74, 6) is 1.58. The number of ether oxygens (including phenoxy) is 2. The van der Waals surface area contributed by atoms with Gasteiger partial charge in [-0.15, -0.1) is 11.6 Å². The third-order valence-corrected chi connectivity index (χ3v) is 2.94. The highest BCUT2D eigenvalue weighted by Gasteiger charge is 2.16. The Balaban J connectivity index is 2.27. The van der Waals surface area contributed by atoms with E-state index in [1.165, 1.54) is 0 Å². The number of benzene rings is 1. The van der Waals surface area contributed by atoms with Crippen molar-refractivity contribution in [2.24, 2.45) is 0 Å². The van der Waals surface area contributed by atoms with Gasteiger partial charge in [-0.3, -0.25) is 4.90 Å². The Bertz CT molecular complexity index is 354. The van der Waals surface area contributed by atoms with Crippen LogP contribution in [0.15, 0.2) is 18.2 Å². The first-order valence-corrected chi connectivity index (χ1v) is 5.32. The van der Waals surface area contributed by atoms with E-state index >= 15 is 0 Å². The molecule has 1 aromatic carbocycles. The van der Waals surface area contributed by atoms with Gasteiger partial charge in [0.1, 0.15) is 18.7 Å². The first-order valence-electron chi connectivity index (χ1n) is 4.88. The molecular weight excluding hydrogens is 214 g/mol. The van der Waals surface area contributed by atoms with E-state index in [-0.39, 0.29) is 5.50 Å². The highest BCUT2D eigenvalue weighted by atomic mass is 35.5. The summed E-state index contributed by atoms with van der Waals surface area (Å²) >= 11 is 6.21. The van der Waals surface area contributed by atoms with Crippen LogP contribution in [0.5, 0.6) is 11.5 Å². The fraction of sp³-hybridized carbons (Fsp3) is 0.455. The highest BCUT2D eigenvalue weighted by molar-refractivity contribution is 6.20. The molecule has 1 unspecified atom stereocenters. The van der Waals surface area contributed by atoms with Gasteiger partial charge in [0.15, 0.2) is 11.5 Å². The Morgan fingerprint density at radius 3 is 2.53 bits per heavy atom. The Morgan fingerprint density at radius 1 is 1.20 bits per heavy atom. The first-order chi connectivity index (χ1) is 7.18. The van der Waals surface area contributed by atoms with Crippen LogP contribution in [0.3, 0.4) is 0 Å². The maximum absolute atomic E-state index is 6.21. The van der Waals surface area contributed by atoms with E-state index in [2.05, 4.69) is 0 Å². The van der Waals surface area contributed by atoms with E-state index < -0.39 is 0 Å². The fourth-order valence-electron chi connectivity index (χ4n) is 1.51. The SMILES string of the molecule is CN(C)C(Cl)c1ccc2c(c1)OCCO2. The second kappa shape index (κ2) is 4.29. The Hall–Kier alpha value is -0.930. The van der Waals surface area contributed by atoms with Crippen LogP contribution in [0.2, 0.25) is 0 Å². The summed E-state index contributed by atoms with van der Waals surface area (Å²) in [7, 11) is 3.88. The van der Waals surface area contributed by atoms with Gasteiger partial charge >= 0.3 is 0 Å². The third kappa shape index (κ3) is 2.19. The van der Waals surface area contributed by atoms with Crippen molar-refractivity contribution < 1.29 is 9.47 Å². The largest absolute Gasteiger partial charge is 0.486 e. The minimum atomic E-state index is -0.138. The number of halogens is 1. The molecule has 1 atom stereocenters. The average molecular weight is 228 g/mol. The summed E-state index contributed by atoms with van der Waals surface area (Å²) in [6.07, 6.45) is 0. The van der Waals surface area contributed by atoms with Crippen molar-refractivity contribution in [2.75, 3.05) is 27.3 Å². The zero-order valence-electron chi connectivity index (χ0n) is 8.87. The summed E-state index contributed by atoms with van der Waals surface area (Å²) in [4.78, 5) is 1.94. The molecule has 1 aliphatic heterocycles. The number of nitrogens with zero attached hydrogens (tertiary/aromatic N) is 1. The number of rotatable bonds is 2. The minimum Gasteiger partial charge on any atom is -0.486 e. The number of alkyl halides is 1. The van der Waals surface area contributed by atoms with Gasteiger partial charge in [-0.1, -0.05) is 6.07 Å². The number of hydrogen-bond acceptors (Lipinski definition) is 3. The van der Waals surface area contributed by atoms with Gasteiger partial charge in [0.05, 0.1) is 0 Å². The standard InChI is InChI=1S/C11H14ClNO2/c1-13(2)11(12)8-3-4-9-10(7-8)15-6-5-14-9/h3-4,7,11H,5-6H2,1-2H3. The van der Waals surface area contributed by atoms with E-state index in [0.717, 1.165) is 17.1 Å². The molecule has 0 N–H and O–H groups in total. The van der Waals surface area contributed by atoms with Gasteiger partial charge in [0.2, 0.25) is 0 Å². The van der Waals surface area contributed by atoms with E-state index in [1.807, 2.05) is 37.2 Å². The zero-order valence-corrected chi connectivity index (χ0v) is 9.62. The fourth-order valence-corrected chi connectivity index (χ4v) is 1.64. The second-order valence-corrected chi connectivity index (χ2v) is 4.12. The minimum absolute atomic E-state index is 0.138. The van der Waals surface area contributed by atoms with Crippen molar-refractivity contribution in [3.8, 4) is 11.5 Å². The Kier molecular flexibility index (Phi) is 3.03. The van der Waals surface area contributed by atoms with E-state index in [4.69, 9.17) is 21.1 Å². The zero-order chi connectivity index (χ0) is 10.8. The molecular formula is C11H14ClNO2. The molecule has 82 valence electrons. The molecule has 0 aliphatic carbocycles. The predicted octanol–water partition coefficient (Wildman–Crippen LogP) is 2.26. The van der Waals surface area contributed by atoms with Crippen LogP contribution in [-0.4, -0.2) is 32.2 Å². The van der Waals surface area contributed by atoms with Crippen LogP contribution < -0.4 is 9.47 Å². The summed E-state index contributed by atoms with van der Waals surface area (Å²) in [6, 6.07) is 5.81.